The fourth-order valence-corrected chi connectivity index (χ4v) is 2.78. The Kier molecular flexibility index (Phi) is 4.88. The van der Waals surface area contributed by atoms with Crippen molar-refractivity contribution in [3.63, 3.8) is 0 Å². The molecular weight excluding hydrogens is 314 g/mol. The molecule has 0 aliphatic rings. The van der Waals surface area contributed by atoms with Crippen molar-refractivity contribution in [2.75, 3.05) is 5.32 Å². The average molecular weight is 337 g/mol. The van der Waals surface area contributed by atoms with E-state index in [0.717, 1.165) is 28.2 Å². The summed E-state index contributed by atoms with van der Waals surface area (Å²) in [5, 5.41) is 10.2. The minimum atomic E-state index is -0.216. The molecule has 6 heteroatoms. The quantitative estimate of drug-likeness (QED) is 0.751. The Hall–Kier alpha value is -3.02. The van der Waals surface area contributed by atoms with Crippen molar-refractivity contribution in [2.24, 2.45) is 7.05 Å². The maximum absolute atomic E-state index is 12.1. The molecule has 0 unspecified atom stereocenters. The van der Waals surface area contributed by atoms with Gasteiger partial charge in [0, 0.05) is 37.4 Å². The van der Waals surface area contributed by atoms with Crippen LogP contribution in [0.15, 0.2) is 48.8 Å². The van der Waals surface area contributed by atoms with Crippen LogP contribution in [0.2, 0.25) is 0 Å². The number of amides is 2. The van der Waals surface area contributed by atoms with Gasteiger partial charge in [-0.05, 0) is 49.2 Å². The first-order valence-electron chi connectivity index (χ1n) is 8.25. The molecule has 3 aromatic rings. The lowest BCUT2D eigenvalue weighted by atomic mass is 10.2. The zero-order valence-corrected chi connectivity index (χ0v) is 14.8. The standard InChI is InChI=1S/C19H23N5O/c1-14-9-15(2)24(22-14)13-16-5-4-6-18(10-16)21-19(25)20-11-17-7-8-23(3)12-17/h4-10,12H,11,13H2,1-3H3,(H2,20,21,25). The number of anilines is 1. The van der Waals surface area contributed by atoms with E-state index in [1.165, 1.54) is 0 Å². The first-order valence-corrected chi connectivity index (χ1v) is 8.25. The molecule has 0 bridgehead atoms. The molecule has 0 spiro atoms. The maximum atomic E-state index is 12.1. The molecule has 1 aromatic carbocycles. The van der Waals surface area contributed by atoms with E-state index in [1.54, 1.807) is 0 Å². The molecule has 2 aromatic heterocycles. The van der Waals surface area contributed by atoms with Crippen molar-refractivity contribution in [3.05, 3.63) is 71.3 Å². The Balaban J connectivity index is 1.59. The number of aryl methyl sites for hydroxylation is 3. The van der Waals surface area contributed by atoms with Crippen LogP contribution in [0.4, 0.5) is 10.5 Å². The highest BCUT2D eigenvalue weighted by Crippen LogP contribution is 2.13. The molecule has 2 N–H and O–H groups in total. The van der Waals surface area contributed by atoms with Crippen molar-refractivity contribution in [1.82, 2.24) is 19.7 Å². The summed E-state index contributed by atoms with van der Waals surface area (Å²) in [4.78, 5) is 12.1. The number of carbonyl (C=O) groups is 1. The summed E-state index contributed by atoms with van der Waals surface area (Å²) >= 11 is 0. The smallest absolute Gasteiger partial charge is 0.319 e. The SMILES string of the molecule is Cc1cc(C)n(Cc2cccc(NC(=O)NCc3ccn(C)c3)c2)n1. The van der Waals surface area contributed by atoms with Gasteiger partial charge in [0.05, 0.1) is 12.2 Å². The molecule has 0 fully saturated rings. The number of carbonyl (C=O) groups excluding carboxylic acids is 1. The lowest BCUT2D eigenvalue weighted by Gasteiger charge is -2.09. The predicted octanol–water partition coefficient (Wildman–Crippen LogP) is 3.21. The van der Waals surface area contributed by atoms with Gasteiger partial charge < -0.3 is 15.2 Å². The molecule has 0 saturated heterocycles. The van der Waals surface area contributed by atoms with Crippen molar-refractivity contribution >= 4 is 11.7 Å². The number of aromatic nitrogens is 3. The van der Waals surface area contributed by atoms with Crippen molar-refractivity contribution in [2.45, 2.75) is 26.9 Å². The molecule has 0 saturated carbocycles. The molecule has 3 rings (SSSR count). The van der Waals surface area contributed by atoms with Crippen molar-refractivity contribution < 1.29 is 4.79 Å². The number of nitrogens with zero attached hydrogens (tertiary/aromatic N) is 3. The molecular formula is C19H23N5O. The van der Waals surface area contributed by atoms with Crippen LogP contribution in [0.1, 0.15) is 22.5 Å². The first kappa shape index (κ1) is 16.8. The summed E-state index contributed by atoms with van der Waals surface area (Å²) in [6, 6.07) is 11.6. The van der Waals surface area contributed by atoms with Crippen molar-refractivity contribution in [1.29, 1.82) is 0 Å². The van der Waals surface area contributed by atoms with Gasteiger partial charge >= 0.3 is 6.03 Å². The zero-order chi connectivity index (χ0) is 17.8. The largest absolute Gasteiger partial charge is 0.357 e. The van der Waals surface area contributed by atoms with Gasteiger partial charge in [-0.2, -0.15) is 5.10 Å². The van der Waals surface area contributed by atoms with Crippen LogP contribution >= 0.6 is 0 Å². The van der Waals surface area contributed by atoms with E-state index in [9.17, 15) is 4.79 Å². The Morgan fingerprint density at radius 1 is 1.16 bits per heavy atom. The zero-order valence-electron chi connectivity index (χ0n) is 14.8. The van der Waals surface area contributed by atoms with Crippen LogP contribution in [0.3, 0.4) is 0 Å². The first-order chi connectivity index (χ1) is 12.0. The molecule has 0 aliphatic heterocycles. The minimum absolute atomic E-state index is 0.216. The van der Waals surface area contributed by atoms with Crippen LogP contribution < -0.4 is 10.6 Å². The van der Waals surface area contributed by atoms with E-state index in [-0.39, 0.29) is 6.03 Å². The molecule has 0 radical (unpaired) electrons. The van der Waals surface area contributed by atoms with E-state index < -0.39 is 0 Å². The van der Waals surface area contributed by atoms with E-state index in [0.29, 0.717) is 13.1 Å². The monoisotopic (exact) mass is 337 g/mol. The van der Waals surface area contributed by atoms with E-state index >= 15 is 0 Å². The molecule has 6 nitrogen and oxygen atoms in total. The van der Waals surface area contributed by atoms with Gasteiger partial charge in [0.25, 0.3) is 0 Å². The van der Waals surface area contributed by atoms with Crippen LogP contribution in [0, 0.1) is 13.8 Å². The van der Waals surface area contributed by atoms with Gasteiger partial charge in [0.15, 0.2) is 0 Å². The molecule has 2 amide bonds. The average Bonchev–Trinajstić information content (AvgIpc) is 3.11. The summed E-state index contributed by atoms with van der Waals surface area (Å²) in [5.41, 5.74) is 5.05. The van der Waals surface area contributed by atoms with E-state index in [4.69, 9.17) is 0 Å². The highest BCUT2D eigenvalue weighted by atomic mass is 16.2. The highest BCUT2D eigenvalue weighted by Gasteiger charge is 2.05. The van der Waals surface area contributed by atoms with Crippen LogP contribution in [-0.2, 0) is 20.1 Å². The number of hydrogen-bond acceptors (Lipinski definition) is 2. The molecule has 130 valence electrons. The molecule has 0 aliphatic carbocycles. The van der Waals surface area contributed by atoms with Crippen LogP contribution in [0.5, 0.6) is 0 Å². The van der Waals surface area contributed by atoms with E-state index in [2.05, 4.69) is 21.8 Å². The number of urea groups is 1. The predicted molar refractivity (Wildman–Crippen MR) is 98.5 cm³/mol. The summed E-state index contributed by atoms with van der Waals surface area (Å²) in [6.07, 6.45) is 3.94. The van der Waals surface area contributed by atoms with Gasteiger partial charge in [0.2, 0.25) is 0 Å². The Bertz CT molecular complexity index is 878. The van der Waals surface area contributed by atoms with Gasteiger partial charge in [-0.3, -0.25) is 4.68 Å². The van der Waals surface area contributed by atoms with Crippen LogP contribution in [-0.4, -0.2) is 20.4 Å². The highest BCUT2D eigenvalue weighted by molar-refractivity contribution is 5.89. The lowest BCUT2D eigenvalue weighted by Crippen LogP contribution is -2.28. The summed E-state index contributed by atoms with van der Waals surface area (Å²) in [7, 11) is 1.96. The topological polar surface area (TPSA) is 63.9 Å². The van der Waals surface area contributed by atoms with Gasteiger partial charge in [0.1, 0.15) is 0 Å². The Morgan fingerprint density at radius 3 is 2.68 bits per heavy atom. The number of hydrogen-bond donors (Lipinski definition) is 2. The van der Waals surface area contributed by atoms with Crippen molar-refractivity contribution in [3.8, 4) is 0 Å². The van der Waals surface area contributed by atoms with E-state index in [1.807, 2.05) is 72.9 Å². The second-order valence-electron chi connectivity index (χ2n) is 6.28. The molecule has 25 heavy (non-hydrogen) atoms. The fraction of sp³-hybridized carbons (Fsp3) is 0.263. The minimum Gasteiger partial charge on any atom is -0.357 e. The summed E-state index contributed by atoms with van der Waals surface area (Å²) in [6.45, 7) is 5.20. The summed E-state index contributed by atoms with van der Waals surface area (Å²) in [5.74, 6) is 0. The van der Waals surface area contributed by atoms with Gasteiger partial charge in [-0.1, -0.05) is 12.1 Å². The summed E-state index contributed by atoms with van der Waals surface area (Å²) < 4.78 is 3.92. The Morgan fingerprint density at radius 2 is 2.00 bits per heavy atom. The maximum Gasteiger partial charge on any atom is 0.319 e. The normalized spacial score (nSPS) is 10.7. The third-order valence-corrected chi connectivity index (χ3v) is 3.97. The third-order valence-electron chi connectivity index (χ3n) is 3.97. The Labute approximate surface area is 147 Å². The van der Waals surface area contributed by atoms with Crippen LogP contribution in [0.25, 0.3) is 0 Å². The second-order valence-corrected chi connectivity index (χ2v) is 6.28. The number of benzene rings is 1. The van der Waals surface area contributed by atoms with Gasteiger partial charge in [-0.15, -0.1) is 0 Å². The number of rotatable bonds is 5. The molecule has 2 heterocycles. The van der Waals surface area contributed by atoms with Gasteiger partial charge in [-0.25, -0.2) is 4.79 Å². The second kappa shape index (κ2) is 7.25. The fourth-order valence-electron chi connectivity index (χ4n) is 2.78. The third kappa shape index (κ3) is 4.50. The number of nitrogens with one attached hydrogen (secondary N) is 2. The lowest BCUT2D eigenvalue weighted by molar-refractivity contribution is 0.251. The molecule has 0 atom stereocenters.